The molecule has 0 N–H and O–H groups in total. The zero-order chi connectivity index (χ0) is 24.1. The molecule has 0 unspecified atom stereocenters. The molecule has 0 aliphatic rings. The maximum Gasteiger partial charge on any atom is 0.196 e. The number of halogens is 1. The number of hydrogen-bond acceptors (Lipinski definition) is 6. The Bertz CT molecular complexity index is 1270. The fraction of sp³-hybridized carbons (Fsp3) is 0.280. The number of nitrogens with zero attached hydrogens (tertiary/aromatic N) is 5. The van der Waals surface area contributed by atoms with Crippen LogP contribution in [-0.2, 0) is 11.3 Å². The summed E-state index contributed by atoms with van der Waals surface area (Å²) in [7, 11) is 1.69. The molecule has 4 rings (SSSR count). The summed E-state index contributed by atoms with van der Waals surface area (Å²) >= 11 is 1.31. The molecule has 0 radical (unpaired) electrons. The average Bonchev–Trinajstić information content (AvgIpc) is 3.40. The van der Waals surface area contributed by atoms with Crippen LogP contribution in [0.4, 0.5) is 4.39 Å². The number of thioether (sulfide) groups is 1. The number of rotatable bonds is 10. The van der Waals surface area contributed by atoms with Gasteiger partial charge in [-0.15, -0.1) is 10.2 Å². The second-order valence-corrected chi connectivity index (χ2v) is 8.79. The van der Waals surface area contributed by atoms with E-state index in [1.165, 1.54) is 23.9 Å². The minimum Gasteiger partial charge on any atom is -0.385 e. The SMILES string of the molecule is COCCCn1c(C)cc(C(=O)CSc2nnc(-c3ccncc3)n2-c2ccc(F)cc2)c1C. The summed E-state index contributed by atoms with van der Waals surface area (Å²) in [5.41, 5.74) is 4.26. The lowest BCUT2D eigenvalue weighted by Crippen LogP contribution is -2.08. The molecule has 4 aromatic rings. The summed E-state index contributed by atoms with van der Waals surface area (Å²) in [5, 5.41) is 9.26. The van der Waals surface area contributed by atoms with E-state index in [2.05, 4.69) is 19.7 Å². The Labute approximate surface area is 202 Å². The molecule has 0 bridgehead atoms. The Morgan fingerprint density at radius 1 is 1.09 bits per heavy atom. The van der Waals surface area contributed by atoms with Gasteiger partial charge in [-0.25, -0.2) is 4.39 Å². The van der Waals surface area contributed by atoms with Crippen LogP contribution in [0.2, 0.25) is 0 Å². The third-order valence-electron chi connectivity index (χ3n) is 5.59. The minimum absolute atomic E-state index is 0.0233. The molecular weight excluding hydrogens is 453 g/mol. The lowest BCUT2D eigenvalue weighted by atomic mass is 10.2. The number of ketones is 1. The van der Waals surface area contributed by atoms with Gasteiger partial charge in [0.25, 0.3) is 0 Å². The van der Waals surface area contributed by atoms with E-state index < -0.39 is 0 Å². The van der Waals surface area contributed by atoms with Gasteiger partial charge in [-0.05, 0) is 62.7 Å². The predicted octanol–water partition coefficient (Wildman–Crippen LogP) is 4.90. The first kappa shape index (κ1) is 23.8. The van der Waals surface area contributed by atoms with Crippen LogP contribution >= 0.6 is 11.8 Å². The van der Waals surface area contributed by atoms with Gasteiger partial charge in [-0.1, -0.05) is 11.8 Å². The maximum absolute atomic E-state index is 13.6. The predicted molar refractivity (Wildman–Crippen MR) is 130 cm³/mol. The van der Waals surface area contributed by atoms with E-state index in [1.807, 2.05) is 36.6 Å². The van der Waals surface area contributed by atoms with Gasteiger partial charge < -0.3 is 9.30 Å². The molecule has 0 atom stereocenters. The molecule has 176 valence electrons. The van der Waals surface area contributed by atoms with Crippen molar-refractivity contribution in [2.75, 3.05) is 19.5 Å². The van der Waals surface area contributed by atoms with Crippen LogP contribution in [0.1, 0.15) is 28.2 Å². The van der Waals surface area contributed by atoms with Crippen LogP contribution in [0.15, 0.2) is 60.0 Å². The van der Waals surface area contributed by atoms with Crippen molar-refractivity contribution < 1.29 is 13.9 Å². The van der Waals surface area contributed by atoms with Crippen LogP contribution in [0, 0.1) is 19.7 Å². The molecule has 9 heteroatoms. The Balaban J connectivity index is 1.59. The highest BCUT2D eigenvalue weighted by atomic mass is 32.2. The van der Waals surface area contributed by atoms with Crippen molar-refractivity contribution in [2.24, 2.45) is 0 Å². The number of carbonyl (C=O) groups excluding carboxylic acids is 1. The van der Waals surface area contributed by atoms with Crippen LogP contribution < -0.4 is 0 Å². The van der Waals surface area contributed by atoms with Gasteiger partial charge >= 0.3 is 0 Å². The highest BCUT2D eigenvalue weighted by molar-refractivity contribution is 7.99. The third kappa shape index (κ3) is 5.10. The van der Waals surface area contributed by atoms with E-state index in [-0.39, 0.29) is 17.4 Å². The molecule has 0 saturated heterocycles. The van der Waals surface area contributed by atoms with E-state index in [0.29, 0.717) is 28.8 Å². The monoisotopic (exact) mass is 479 g/mol. The number of ether oxygens (including phenoxy) is 1. The number of hydrogen-bond donors (Lipinski definition) is 0. The molecule has 3 aromatic heterocycles. The first-order chi connectivity index (χ1) is 16.5. The number of aryl methyl sites for hydroxylation is 1. The Kier molecular flexibility index (Phi) is 7.54. The number of carbonyl (C=O) groups is 1. The minimum atomic E-state index is -0.326. The smallest absolute Gasteiger partial charge is 0.196 e. The van der Waals surface area contributed by atoms with Crippen molar-refractivity contribution in [3.63, 3.8) is 0 Å². The second kappa shape index (κ2) is 10.8. The first-order valence-electron chi connectivity index (χ1n) is 10.9. The standard InChI is InChI=1S/C25H26FN5O2S/c1-17-15-22(18(2)30(17)13-4-14-33-3)23(32)16-34-25-29-28-24(19-9-11-27-12-10-19)31(25)21-7-5-20(26)6-8-21/h5-12,15H,4,13-14,16H2,1-3H3. The third-order valence-corrected chi connectivity index (χ3v) is 6.52. The van der Waals surface area contributed by atoms with Crippen LogP contribution in [0.5, 0.6) is 0 Å². The molecule has 7 nitrogen and oxygen atoms in total. The van der Waals surface area contributed by atoms with Crippen molar-refractivity contribution in [3.05, 3.63) is 77.6 Å². The van der Waals surface area contributed by atoms with E-state index in [9.17, 15) is 9.18 Å². The molecule has 0 fully saturated rings. The van der Waals surface area contributed by atoms with E-state index in [1.54, 1.807) is 31.6 Å². The van der Waals surface area contributed by atoms with Crippen LogP contribution in [0.25, 0.3) is 17.1 Å². The molecule has 0 aliphatic heterocycles. The molecule has 3 heterocycles. The van der Waals surface area contributed by atoms with Gasteiger partial charge in [0.1, 0.15) is 5.82 Å². The highest BCUT2D eigenvalue weighted by Crippen LogP contribution is 2.29. The molecule has 0 saturated carbocycles. The van der Waals surface area contributed by atoms with Crippen LogP contribution in [-0.4, -0.2) is 49.6 Å². The van der Waals surface area contributed by atoms with Gasteiger partial charge in [-0.2, -0.15) is 0 Å². The van der Waals surface area contributed by atoms with Crippen LogP contribution in [0.3, 0.4) is 0 Å². The maximum atomic E-state index is 13.6. The van der Waals surface area contributed by atoms with Gasteiger partial charge in [0, 0.05) is 60.9 Å². The first-order valence-corrected chi connectivity index (χ1v) is 11.9. The van der Waals surface area contributed by atoms with Gasteiger partial charge in [0.2, 0.25) is 0 Å². The number of methoxy groups -OCH3 is 1. The average molecular weight is 480 g/mol. The van der Waals surface area contributed by atoms with Crippen molar-refractivity contribution >= 4 is 17.5 Å². The van der Waals surface area contributed by atoms with Crippen molar-refractivity contribution in [3.8, 4) is 17.1 Å². The molecule has 0 amide bonds. The summed E-state index contributed by atoms with van der Waals surface area (Å²) in [5.74, 6) is 0.501. The number of Topliss-reactive ketones (excluding diaryl/α,β-unsaturated/α-hetero) is 1. The Hall–Kier alpha value is -3.30. The molecule has 34 heavy (non-hydrogen) atoms. The zero-order valence-corrected chi connectivity index (χ0v) is 20.2. The molecule has 0 spiro atoms. The summed E-state index contributed by atoms with van der Waals surface area (Å²) in [6.45, 7) is 5.46. The number of pyridine rings is 1. The zero-order valence-electron chi connectivity index (χ0n) is 19.4. The van der Waals surface area contributed by atoms with Crippen molar-refractivity contribution in [1.82, 2.24) is 24.3 Å². The normalized spacial score (nSPS) is 11.2. The summed E-state index contributed by atoms with van der Waals surface area (Å²) in [6, 6.07) is 11.7. The van der Waals surface area contributed by atoms with E-state index in [0.717, 1.165) is 29.9 Å². The summed E-state index contributed by atoms with van der Waals surface area (Å²) in [6.07, 6.45) is 4.24. The Morgan fingerprint density at radius 2 is 1.82 bits per heavy atom. The van der Waals surface area contributed by atoms with E-state index in [4.69, 9.17) is 4.74 Å². The van der Waals surface area contributed by atoms with Crippen molar-refractivity contribution in [1.29, 1.82) is 0 Å². The van der Waals surface area contributed by atoms with Gasteiger partial charge in [0.05, 0.1) is 5.75 Å². The molecule has 1 aromatic carbocycles. The fourth-order valence-electron chi connectivity index (χ4n) is 3.88. The van der Waals surface area contributed by atoms with Gasteiger partial charge in [-0.3, -0.25) is 14.3 Å². The fourth-order valence-corrected chi connectivity index (χ4v) is 4.71. The quantitative estimate of drug-likeness (QED) is 0.183. The second-order valence-electron chi connectivity index (χ2n) is 7.85. The Morgan fingerprint density at radius 3 is 2.53 bits per heavy atom. The highest BCUT2D eigenvalue weighted by Gasteiger charge is 2.20. The number of benzene rings is 1. The summed E-state index contributed by atoms with van der Waals surface area (Å²) < 4.78 is 22.7. The lowest BCUT2D eigenvalue weighted by molar-refractivity contribution is 0.102. The molecular formula is C25H26FN5O2S. The topological polar surface area (TPSA) is 74.8 Å². The molecule has 0 aliphatic carbocycles. The van der Waals surface area contributed by atoms with Crippen molar-refractivity contribution in [2.45, 2.75) is 32.0 Å². The largest absolute Gasteiger partial charge is 0.385 e. The van der Waals surface area contributed by atoms with Gasteiger partial charge in [0.15, 0.2) is 16.8 Å². The summed E-state index contributed by atoms with van der Waals surface area (Å²) in [4.78, 5) is 17.2. The van der Waals surface area contributed by atoms with E-state index >= 15 is 0 Å². The lowest BCUT2D eigenvalue weighted by Gasteiger charge is -2.11. The number of aromatic nitrogens is 5.